The Morgan fingerprint density at radius 1 is 1.25 bits per heavy atom. The van der Waals surface area contributed by atoms with Gasteiger partial charge in [-0.25, -0.2) is 9.59 Å². The van der Waals surface area contributed by atoms with E-state index in [4.69, 9.17) is 0 Å². The van der Waals surface area contributed by atoms with E-state index in [1.807, 2.05) is 19.0 Å². The summed E-state index contributed by atoms with van der Waals surface area (Å²) in [6, 6.07) is 6.39. The molecule has 0 heterocycles. The lowest BCUT2D eigenvalue weighted by Gasteiger charge is -2.12. The van der Waals surface area contributed by atoms with Crippen molar-refractivity contribution < 1.29 is 14.3 Å². The molecule has 1 aromatic carbocycles. The maximum Gasteiger partial charge on any atom is 0.339 e. The highest BCUT2D eigenvalue weighted by Crippen LogP contribution is 2.15. The summed E-state index contributed by atoms with van der Waals surface area (Å²) >= 11 is 0. The molecule has 6 nitrogen and oxygen atoms in total. The number of hydrogen-bond acceptors (Lipinski definition) is 4. The van der Waals surface area contributed by atoms with Gasteiger partial charge in [0.2, 0.25) is 0 Å². The third-order valence-electron chi connectivity index (χ3n) is 2.65. The Morgan fingerprint density at radius 2 is 1.95 bits per heavy atom. The summed E-state index contributed by atoms with van der Waals surface area (Å²) in [7, 11) is 5.26. The van der Waals surface area contributed by atoms with Crippen LogP contribution in [-0.2, 0) is 4.74 Å². The molecule has 6 heteroatoms. The van der Waals surface area contributed by atoms with Gasteiger partial charge in [0.1, 0.15) is 0 Å². The van der Waals surface area contributed by atoms with Crippen molar-refractivity contribution in [1.29, 1.82) is 0 Å². The molecule has 0 saturated heterocycles. The quantitative estimate of drug-likeness (QED) is 0.612. The third kappa shape index (κ3) is 5.27. The maximum atomic E-state index is 11.7. The summed E-state index contributed by atoms with van der Waals surface area (Å²) in [6.07, 6.45) is 0.860. The van der Waals surface area contributed by atoms with Crippen LogP contribution in [0, 0.1) is 0 Å². The highest BCUT2D eigenvalue weighted by molar-refractivity contribution is 6.00. The number of ether oxygens (including phenoxy) is 1. The van der Waals surface area contributed by atoms with Crippen LogP contribution in [0.2, 0.25) is 0 Å². The number of hydrogen-bond donors (Lipinski definition) is 2. The highest BCUT2D eigenvalue weighted by atomic mass is 16.5. The smallest absolute Gasteiger partial charge is 0.339 e. The van der Waals surface area contributed by atoms with Crippen molar-refractivity contribution in [2.45, 2.75) is 6.42 Å². The van der Waals surface area contributed by atoms with Crippen molar-refractivity contribution in [3.8, 4) is 0 Å². The normalized spacial score (nSPS) is 10.2. The van der Waals surface area contributed by atoms with E-state index in [2.05, 4.69) is 15.4 Å². The number of carbonyl (C=O) groups is 2. The van der Waals surface area contributed by atoms with Crippen molar-refractivity contribution in [3.63, 3.8) is 0 Å². The van der Waals surface area contributed by atoms with Crippen molar-refractivity contribution in [3.05, 3.63) is 29.8 Å². The molecule has 1 rings (SSSR count). The zero-order valence-corrected chi connectivity index (χ0v) is 12.1. The van der Waals surface area contributed by atoms with Crippen molar-refractivity contribution in [2.24, 2.45) is 0 Å². The van der Waals surface area contributed by atoms with Crippen molar-refractivity contribution in [1.82, 2.24) is 10.2 Å². The van der Waals surface area contributed by atoms with E-state index < -0.39 is 5.97 Å². The lowest BCUT2D eigenvalue weighted by Crippen LogP contribution is -2.31. The monoisotopic (exact) mass is 279 g/mol. The second-order valence-corrected chi connectivity index (χ2v) is 4.57. The zero-order valence-electron chi connectivity index (χ0n) is 12.1. The Kier molecular flexibility index (Phi) is 6.52. The maximum absolute atomic E-state index is 11.7. The molecule has 0 bridgehead atoms. The third-order valence-corrected chi connectivity index (χ3v) is 2.65. The van der Waals surface area contributed by atoms with Crippen molar-refractivity contribution >= 4 is 17.7 Å². The molecule has 2 amide bonds. The Labute approximate surface area is 119 Å². The Bertz CT molecular complexity index is 461. The van der Waals surface area contributed by atoms with Gasteiger partial charge in [0.25, 0.3) is 0 Å². The number of nitrogens with zero attached hydrogens (tertiary/aromatic N) is 1. The second kappa shape index (κ2) is 8.16. The number of carbonyl (C=O) groups excluding carboxylic acids is 2. The van der Waals surface area contributed by atoms with Crippen LogP contribution in [0.1, 0.15) is 16.8 Å². The van der Waals surface area contributed by atoms with Crippen LogP contribution in [-0.4, -0.2) is 51.2 Å². The molecule has 0 radical (unpaired) electrons. The van der Waals surface area contributed by atoms with E-state index >= 15 is 0 Å². The van der Waals surface area contributed by atoms with Gasteiger partial charge in [-0.2, -0.15) is 0 Å². The second-order valence-electron chi connectivity index (χ2n) is 4.57. The van der Waals surface area contributed by atoms with E-state index in [9.17, 15) is 9.59 Å². The van der Waals surface area contributed by atoms with E-state index in [0.717, 1.165) is 13.0 Å². The molecule has 110 valence electrons. The Balaban J connectivity index is 2.51. The van der Waals surface area contributed by atoms with Gasteiger partial charge < -0.3 is 20.3 Å². The molecule has 0 atom stereocenters. The number of benzene rings is 1. The number of para-hydroxylation sites is 1. The molecule has 0 aliphatic carbocycles. The lowest BCUT2D eigenvalue weighted by molar-refractivity contribution is 0.0602. The molecular weight excluding hydrogens is 258 g/mol. The van der Waals surface area contributed by atoms with E-state index in [1.54, 1.807) is 24.3 Å². The molecule has 0 spiro atoms. The average molecular weight is 279 g/mol. The number of rotatable bonds is 6. The van der Waals surface area contributed by atoms with Crippen LogP contribution in [0.5, 0.6) is 0 Å². The first-order valence-corrected chi connectivity index (χ1v) is 6.41. The molecule has 0 aromatic heterocycles. The summed E-state index contributed by atoms with van der Waals surface area (Å²) in [5.41, 5.74) is 0.767. The van der Waals surface area contributed by atoms with Crippen molar-refractivity contribution in [2.75, 3.05) is 39.6 Å². The lowest BCUT2D eigenvalue weighted by atomic mass is 10.2. The fraction of sp³-hybridized carbons (Fsp3) is 0.429. The Hall–Kier alpha value is -2.08. The molecule has 0 saturated carbocycles. The van der Waals surface area contributed by atoms with E-state index in [-0.39, 0.29) is 6.03 Å². The number of methoxy groups -OCH3 is 1. The number of nitrogens with one attached hydrogen (secondary N) is 2. The van der Waals surface area contributed by atoms with Gasteiger partial charge in [-0.1, -0.05) is 12.1 Å². The number of amides is 2. The molecule has 1 aromatic rings. The molecule has 0 aliphatic heterocycles. The van der Waals surface area contributed by atoms with Crippen LogP contribution in [0.4, 0.5) is 10.5 Å². The number of esters is 1. The summed E-state index contributed by atoms with van der Waals surface area (Å²) in [6.45, 7) is 1.48. The minimum Gasteiger partial charge on any atom is -0.465 e. The summed E-state index contributed by atoms with van der Waals surface area (Å²) in [4.78, 5) is 25.3. The first-order valence-electron chi connectivity index (χ1n) is 6.41. The molecule has 0 aliphatic rings. The standard InChI is InChI=1S/C14H21N3O3/c1-17(2)10-6-9-15-14(19)16-12-8-5-4-7-11(12)13(18)20-3/h4-5,7-8H,6,9-10H2,1-3H3,(H2,15,16,19). The van der Waals surface area contributed by atoms with Crippen LogP contribution >= 0.6 is 0 Å². The predicted molar refractivity (Wildman–Crippen MR) is 78.0 cm³/mol. The fourth-order valence-electron chi connectivity index (χ4n) is 1.64. The molecule has 0 fully saturated rings. The minimum atomic E-state index is -0.478. The highest BCUT2D eigenvalue weighted by Gasteiger charge is 2.12. The van der Waals surface area contributed by atoms with Gasteiger partial charge in [-0.3, -0.25) is 0 Å². The van der Waals surface area contributed by atoms with Crippen LogP contribution in [0.25, 0.3) is 0 Å². The average Bonchev–Trinajstić information content (AvgIpc) is 2.43. The van der Waals surface area contributed by atoms with Gasteiger partial charge in [0.15, 0.2) is 0 Å². The largest absolute Gasteiger partial charge is 0.465 e. The zero-order chi connectivity index (χ0) is 15.0. The molecule has 20 heavy (non-hydrogen) atoms. The van der Waals surface area contributed by atoms with E-state index in [1.165, 1.54) is 7.11 Å². The number of anilines is 1. The first kappa shape index (κ1) is 16.0. The minimum absolute atomic E-state index is 0.332. The SMILES string of the molecule is COC(=O)c1ccccc1NC(=O)NCCCN(C)C. The summed E-state index contributed by atoms with van der Waals surface area (Å²) in [5.74, 6) is -0.478. The van der Waals surface area contributed by atoms with Crippen LogP contribution in [0.15, 0.2) is 24.3 Å². The summed E-state index contributed by atoms with van der Waals surface area (Å²) in [5, 5.41) is 5.39. The molecular formula is C14H21N3O3. The predicted octanol–water partition coefficient (Wildman–Crippen LogP) is 1.55. The first-order chi connectivity index (χ1) is 9.54. The summed E-state index contributed by atoms with van der Waals surface area (Å²) < 4.78 is 4.67. The molecule has 0 unspecified atom stereocenters. The van der Waals surface area contributed by atoms with Gasteiger partial charge in [0.05, 0.1) is 18.4 Å². The van der Waals surface area contributed by atoms with Crippen LogP contribution < -0.4 is 10.6 Å². The van der Waals surface area contributed by atoms with E-state index in [0.29, 0.717) is 17.8 Å². The Morgan fingerprint density at radius 3 is 2.60 bits per heavy atom. The fourth-order valence-corrected chi connectivity index (χ4v) is 1.64. The van der Waals surface area contributed by atoms with Gasteiger partial charge >= 0.3 is 12.0 Å². The van der Waals surface area contributed by atoms with Gasteiger partial charge in [-0.15, -0.1) is 0 Å². The van der Waals surface area contributed by atoms with Gasteiger partial charge in [0, 0.05) is 6.54 Å². The van der Waals surface area contributed by atoms with Gasteiger partial charge in [-0.05, 0) is 39.2 Å². The topological polar surface area (TPSA) is 70.7 Å². The number of urea groups is 1. The van der Waals surface area contributed by atoms with Crippen LogP contribution in [0.3, 0.4) is 0 Å². The molecule has 2 N–H and O–H groups in total.